The molecule has 1 aromatic rings. The van der Waals surface area contributed by atoms with Crippen LogP contribution < -0.4 is 5.32 Å². The quantitative estimate of drug-likeness (QED) is 0.846. The van der Waals surface area contributed by atoms with Gasteiger partial charge in [-0.3, -0.25) is 0 Å². The van der Waals surface area contributed by atoms with Gasteiger partial charge >= 0.3 is 0 Å². The summed E-state index contributed by atoms with van der Waals surface area (Å²) in [6.45, 7) is 9.38. The van der Waals surface area contributed by atoms with Crippen LogP contribution in [-0.2, 0) is 0 Å². The molecule has 0 amide bonds. The minimum Gasteiger partial charge on any atom is -0.313 e. The van der Waals surface area contributed by atoms with E-state index in [1.54, 1.807) is 0 Å². The van der Waals surface area contributed by atoms with Gasteiger partial charge in [-0.15, -0.1) is 0 Å². The predicted molar refractivity (Wildman–Crippen MR) is 74.3 cm³/mol. The van der Waals surface area contributed by atoms with Crippen molar-refractivity contribution in [3.8, 4) is 0 Å². The van der Waals surface area contributed by atoms with Gasteiger partial charge in [0, 0.05) is 11.1 Å². The topological polar surface area (TPSA) is 12.0 Å². The normalized spacial score (nSPS) is 23.4. The highest BCUT2D eigenvalue weighted by atomic mass is 35.5. The van der Waals surface area contributed by atoms with Gasteiger partial charge in [-0.25, -0.2) is 0 Å². The Hall–Kier alpha value is -0.530. The SMILES string of the molecule is CNC(c1ccccc1Cl)C1C(C)(C)C1(C)C. The fourth-order valence-corrected chi connectivity index (χ4v) is 3.56. The molecule has 0 bridgehead atoms. The zero-order valence-corrected chi connectivity index (χ0v) is 12.1. The molecule has 1 N–H and O–H groups in total. The molecule has 1 saturated carbocycles. The fourth-order valence-electron chi connectivity index (χ4n) is 3.31. The van der Waals surface area contributed by atoms with E-state index in [-0.39, 0.29) is 0 Å². The summed E-state index contributed by atoms with van der Waals surface area (Å²) >= 11 is 6.32. The van der Waals surface area contributed by atoms with Crippen LogP contribution in [0.15, 0.2) is 24.3 Å². The maximum absolute atomic E-state index is 6.32. The molecule has 17 heavy (non-hydrogen) atoms. The third kappa shape index (κ3) is 1.80. The number of rotatable bonds is 3. The van der Waals surface area contributed by atoms with Crippen LogP contribution in [0.3, 0.4) is 0 Å². The van der Waals surface area contributed by atoms with Crippen molar-refractivity contribution in [2.75, 3.05) is 7.05 Å². The maximum Gasteiger partial charge on any atom is 0.0453 e. The molecule has 1 aromatic carbocycles. The van der Waals surface area contributed by atoms with E-state index >= 15 is 0 Å². The van der Waals surface area contributed by atoms with Crippen molar-refractivity contribution in [1.29, 1.82) is 0 Å². The average molecular weight is 252 g/mol. The van der Waals surface area contributed by atoms with Crippen LogP contribution in [0.5, 0.6) is 0 Å². The first kappa shape index (κ1) is 12.9. The summed E-state index contributed by atoms with van der Waals surface area (Å²) in [5, 5.41) is 4.31. The van der Waals surface area contributed by atoms with Crippen molar-refractivity contribution in [3.05, 3.63) is 34.9 Å². The first-order chi connectivity index (χ1) is 7.84. The molecule has 1 unspecified atom stereocenters. The molecule has 0 aliphatic heterocycles. The Kier molecular flexibility index (Phi) is 3.04. The number of hydrogen-bond donors (Lipinski definition) is 1. The van der Waals surface area contributed by atoms with Crippen LogP contribution in [0.1, 0.15) is 39.3 Å². The Bertz CT molecular complexity index is 409. The van der Waals surface area contributed by atoms with Crippen LogP contribution in [0.25, 0.3) is 0 Å². The maximum atomic E-state index is 6.32. The van der Waals surface area contributed by atoms with E-state index < -0.39 is 0 Å². The highest BCUT2D eigenvalue weighted by Crippen LogP contribution is 2.72. The third-order valence-electron chi connectivity index (χ3n) is 5.02. The molecular weight excluding hydrogens is 230 g/mol. The second-order valence-corrected chi connectivity index (χ2v) is 6.62. The van der Waals surface area contributed by atoms with Crippen molar-refractivity contribution in [1.82, 2.24) is 5.32 Å². The molecule has 1 aliphatic rings. The standard InChI is InChI=1S/C15H22ClN/c1-14(2)13(15(14,3)4)12(17-5)10-8-6-7-9-11(10)16/h6-9,12-13,17H,1-5H3. The molecule has 1 aliphatic carbocycles. The monoisotopic (exact) mass is 251 g/mol. The Morgan fingerprint density at radius 2 is 1.65 bits per heavy atom. The van der Waals surface area contributed by atoms with Crippen molar-refractivity contribution < 1.29 is 0 Å². The molecule has 0 saturated heterocycles. The molecule has 2 heteroatoms. The smallest absolute Gasteiger partial charge is 0.0453 e. The second-order valence-electron chi connectivity index (χ2n) is 6.21. The van der Waals surface area contributed by atoms with Gasteiger partial charge in [0.15, 0.2) is 0 Å². The Morgan fingerprint density at radius 3 is 2.06 bits per heavy atom. The average Bonchev–Trinajstić information content (AvgIpc) is 2.64. The minimum atomic E-state index is 0.341. The van der Waals surface area contributed by atoms with Crippen LogP contribution in [0.2, 0.25) is 5.02 Å². The van der Waals surface area contributed by atoms with Gasteiger partial charge in [0.05, 0.1) is 0 Å². The lowest BCUT2D eigenvalue weighted by Gasteiger charge is -2.20. The van der Waals surface area contributed by atoms with Gasteiger partial charge in [0.25, 0.3) is 0 Å². The van der Waals surface area contributed by atoms with E-state index in [2.05, 4.69) is 45.1 Å². The molecule has 0 aromatic heterocycles. The molecule has 1 nitrogen and oxygen atoms in total. The molecular formula is C15H22ClN. The summed E-state index contributed by atoms with van der Waals surface area (Å²) in [4.78, 5) is 0. The highest BCUT2D eigenvalue weighted by molar-refractivity contribution is 6.31. The van der Waals surface area contributed by atoms with E-state index in [0.29, 0.717) is 22.8 Å². The summed E-state index contributed by atoms with van der Waals surface area (Å²) in [5.41, 5.74) is 1.94. The molecule has 94 valence electrons. The number of halogens is 1. The van der Waals surface area contributed by atoms with Gasteiger partial charge in [-0.05, 0) is 35.4 Å². The van der Waals surface area contributed by atoms with Crippen molar-refractivity contribution in [2.45, 2.75) is 33.7 Å². The lowest BCUT2D eigenvalue weighted by Crippen LogP contribution is -2.21. The molecule has 0 radical (unpaired) electrons. The van der Waals surface area contributed by atoms with Crippen molar-refractivity contribution in [3.63, 3.8) is 0 Å². The third-order valence-corrected chi connectivity index (χ3v) is 5.36. The molecule has 1 fully saturated rings. The summed E-state index contributed by atoms with van der Waals surface area (Å²) < 4.78 is 0. The van der Waals surface area contributed by atoms with Gasteiger partial charge in [-0.1, -0.05) is 57.5 Å². The van der Waals surface area contributed by atoms with E-state index in [0.717, 1.165) is 5.02 Å². The summed E-state index contributed by atoms with van der Waals surface area (Å²) in [7, 11) is 2.03. The Morgan fingerprint density at radius 1 is 1.12 bits per heavy atom. The highest BCUT2D eigenvalue weighted by Gasteiger charge is 2.67. The minimum absolute atomic E-state index is 0.341. The lowest BCUT2D eigenvalue weighted by molar-refractivity contribution is 0.438. The van der Waals surface area contributed by atoms with E-state index in [1.807, 2.05) is 19.2 Å². The lowest BCUT2D eigenvalue weighted by atomic mass is 9.96. The van der Waals surface area contributed by atoms with Crippen molar-refractivity contribution >= 4 is 11.6 Å². The zero-order chi connectivity index (χ0) is 12.8. The molecule has 0 heterocycles. The predicted octanol–water partition coefficient (Wildman–Crippen LogP) is 4.28. The summed E-state index contributed by atoms with van der Waals surface area (Å²) in [6, 6.07) is 8.50. The Balaban J connectivity index is 2.35. The van der Waals surface area contributed by atoms with Crippen LogP contribution in [0.4, 0.5) is 0 Å². The fraction of sp³-hybridized carbons (Fsp3) is 0.600. The van der Waals surface area contributed by atoms with Gasteiger partial charge in [-0.2, -0.15) is 0 Å². The molecule has 0 spiro atoms. The van der Waals surface area contributed by atoms with Gasteiger partial charge in [0.2, 0.25) is 0 Å². The summed E-state index contributed by atoms with van der Waals surface area (Å²) in [6.07, 6.45) is 0. The van der Waals surface area contributed by atoms with E-state index in [9.17, 15) is 0 Å². The summed E-state index contributed by atoms with van der Waals surface area (Å²) in [5.74, 6) is 0.625. The van der Waals surface area contributed by atoms with Crippen molar-refractivity contribution in [2.24, 2.45) is 16.7 Å². The zero-order valence-electron chi connectivity index (χ0n) is 11.3. The molecule has 2 rings (SSSR count). The first-order valence-corrected chi connectivity index (χ1v) is 6.63. The van der Waals surface area contributed by atoms with Crippen LogP contribution in [-0.4, -0.2) is 7.05 Å². The number of nitrogens with one attached hydrogen (secondary N) is 1. The van der Waals surface area contributed by atoms with E-state index in [4.69, 9.17) is 11.6 Å². The largest absolute Gasteiger partial charge is 0.313 e. The van der Waals surface area contributed by atoms with Gasteiger partial charge in [0.1, 0.15) is 0 Å². The number of hydrogen-bond acceptors (Lipinski definition) is 1. The first-order valence-electron chi connectivity index (χ1n) is 6.25. The second kappa shape index (κ2) is 4.00. The number of benzene rings is 1. The van der Waals surface area contributed by atoms with Crippen LogP contribution >= 0.6 is 11.6 Å². The molecule has 1 atom stereocenters. The van der Waals surface area contributed by atoms with Gasteiger partial charge < -0.3 is 5.32 Å². The van der Waals surface area contributed by atoms with Crippen LogP contribution in [0, 0.1) is 16.7 Å². The van der Waals surface area contributed by atoms with E-state index in [1.165, 1.54) is 5.56 Å². The Labute approximate surface area is 110 Å².